The standard InChI is InChI=1S/C13H22N2/c1-6-15(7-2)13-12(10(3)4)9-8-11(5)14-13/h8-10H,6-7H2,1-5H3. The molecular weight excluding hydrogens is 184 g/mol. The van der Waals surface area contributed by atoms with Crippen LogP contribution in [0, 0.1) is 6.92 Å². The number of hydrogen-bond acceptors (Lipinski definition) is 2. The number of anilines is 1. The first-order valence-electron chi connectivity index (χ1n) is 5.82. The highest BCUT2D eigenvalue weighted by atomic mass is 15.2. The van der Waals surface area contributed by atoms with Crippen molar-refractivity contribution in [1.29, 1.82) is 0 Å². The zero-order valence-electron chi connectivity index (χ0n) is 10.5. The summed E-state index contributed by atoms with van der Waals surface area (Å²) in [7, 11) is 0. The molecule has 1 rings (SSSR count). The van der Waals surface area contributed by atoms with Gasteiger partial charge in [-0.25, -0.2) is 4.98 Å². The molecule has 0 saturated carbocycles. The van der Waals surface area contributed by atoms with Crippen molar-refractivity contribution < 1.29 is 0 Å². The summed E-state index contributed by atoms with van der Waals surface area (Å²) in [4.78, 5) is 6.98. The Hall–Kier alpha value is -1.05. The fraction of sp³-hybridized carbons (Fsp3) is 0.615. The van der Waals surface area contributed by atoms with E-state index in [2.05, 4.69) is 56.6 Å². The molecule has 0 radical (unpaired) electrons. The lowest BCUT2D eigenvalue weighted by molar-refractivity contribution is 0.794. The van der Waals surface area contributed by atoms with Crippen LogP contribution in [-0.4, -0.2) is 18.1 Å². The second-order valence-electron chi connectivity index (χ2n) is 4.19. The number of hydrogen-bond donors (Lipinski definition) is 0. The van der Waals surface area contributed by atoms with E-state index >= 15 is 0 Å². The Morgan fingerprint density at radius 3 is 2.27 bits per heavy atom. The minimum Gasteiger partial charge on any atom is -0.357 e. The summed E-state index contributed by atoms with van der Waals surface area (Å²) in [6, 6.07) is 4.31. The van der Waals surface area contributed by atoms with Crippen molar-refractivity contribution in [3.63, 3.8) is 0 Å². The first-order chi connectivity index (χ1) is 7.10. The van der Waals surface area contributed by atoms with Crippen LogP contribution < -0.4 is 4.90 Å². The van der Waals surface area contributed by atoms with Gasteiger partial charge in [0.25, 0.3) is 0 Å². The fourth-order valence-corrected chi connectivity index (χ4v) is 1.78. The molecule has 0 aliphatic rings. The highest BCUT2D eigenvalue weighted by Crippen LogP contribution is 2.25. The van der Waals surface area contributed by atoms with E-state index in [0.29, 0.717) is 5.92 Å². The van der Waals surface area contributed by atoms with Crippen LogP contribution in [0.25, 0.3) is 0 Å². The van der Waals surface area contributed by atoms with Crippen LogP contribution in [0.3, 0.4) is 0 Å². The maximum atomic E-state index is 4.66. The molecular formula is C13H22N2. The number of pyridine rings is 1. The lowest BCUT2D eigenvalue weighted by atomic mass is 10.0. The van der Waals surface area contributed by atoms with Gasteiger partial charge in [0, 0.05) is 18.8 Å². The van der Waals surface area contributed by atoms with Gasteiger partial charge in [-0.1, -0.05) is 19.9 Å². The molecule has 0 spiro atoms. The molecule has 84 valence electrons. The first kappa shape index (κ1) is 12.0. The molecule has 2 nitrogen and oxygen atoms in total. The molecule has 0 saturated heterocycles. The van der Waals surface area contributed by atoms with E-state index in [0.717, 1.165) is 24.6 Å². The molecule has 1 heterocycles. The summed E-state index contributed by atoms with van der Waals surface area (Å²) in [5.41, 5.74) is 2.45. The van der Waals surface area contributed by atoms with E-state index in [4.69, 9.17) is 0 Å². The second kappa shape index (κ2) is 5.15. The maximum Gasteiger partial charge on any atom is 0.132 e. The van der Waals surface area contributed by atoms with Crippen molar-refractivity contribution in [2.24, 2.45) is 0 Å². The Bertz CT molecular complexity index is 314. The first-order valence-corrected chi connectivity index (χ1v) is 5.82. The van der Waals surface area contributed by atoms with Gasteiger partial charge in [0.05, 0.1) is 0 Å². The minimum atomic E-state index is 0.536. The number of nitrogens with zero attached hydrogens (tertiary/aromatic N) is 2. The van der Waals surface area contributed by atoms with Crippen LogP contribution in [0.1, 0.15) is 44.9 Å². The quantitative estimate of drug-likeness (QED) is 0.751. The molecule has 0 bridgehead atoms. The minimum absolute atomic E-state index is 0.536. The van der Waals surface area contributed by atoms with Gasteiger partial charge in [-0.2, -0.15) is 0 Å². The molecule has 0 N–H and O–H groups in total. The van der Waals surface area contributed by atoms with Crippen LogP contribution >= 0.6 is 0 Å². The highest BCUT2D eigenvalue weighted by molar-refractivity contribution is 5.49. The summed E-state index contributed by atoms with van der Waals surface area (Å²) in [6.45, 7) is 12.9. The van der Waals surface area contributed by atoms with Gasteiger partial charge in [0.2, 0.25) is 0 Å². The van der Waals surface area contributed by atoms with Gasteiger partial charge < -0.3 is 4.90 Å². The molecule has 2 heteroatoms. The normalized spacial score (nSPS) is 10.8. The van der Waals surface area contributed by atoms with Gasteiger partial charge >= 0.3 is 0 Å². The molecule has 0 fully saturated rings. The van der Waals surface area contributed by atoms with E-state index in [1.807, 2.05) is 0 Å². The molecule has 0 aliphatic heterocycles. The molecule has 0 amide bonds. The zero-order valence-corrected chi connectivity index (χ0v) is 10.5. The van der Waals surface area contributed by atoms with Crippen molar-refractivity contribution in [3.8, 4) is 0 Å². The number of rotatable bonds is 4. The summed E-state index contributed by atoms with van der Waals surface area (Å²) >= 11 is 0. The molecule has 0 unspecified atom stereocenters. The Morgan fingerprint density at radius 2 is 1.80 bits per heavy atom. The van der Waals surface area contributed by atoms with Crippen molar-refractivity contribution in [1.82, 2.24) is 4.98 Å². The second-order valence-corrected chi connectivity index (χ2v) is 4.19. The van der Waals surface area contributed by atoms with E-state index in [1.165, 1.54) is 5.56 Å². The topological polar surface area (TPSA) is 16.1 Å². The van der Waals surface area contributed by atoms with Crippen LogP contribution in [0.5, 0.6) is 0 Å². The molecule has 1 aromatic rings. The lowest BCUT2D eigenvalue weighted by Crippen LogP contribution is -2.24. The van der Waals surface area contributed by atoms with Crippen molar-refractivity contribution in [2.75, 3.05) is 18.0 Å². The average Bonchev–Trinajstić information content (AvgIpc) is 2.19. The van der Waals surface area contributed by atoms with E-state index < -0.39 is 0 Å². The summed E-state index contributed by atoms with van der Waals surface area (Å²) in [5, 5.41) is 0. The summed E-state index contributed by atoms with van der Waals surface area (Å²) in [5.74, 6) is 1.70. The SMILES string of the molecule is CCN(CC)c1nc(C)ccc1C(C)C. The summed E-state index contributed by atoms with van der Waals surface area (Å²) < 4.78 is 0. The van der Waals surface area contributed by atoms with E-state index in [-0.39, 0.29) is 0 Å². The smallest absolute Gasteiger partial charge is 0.132 e. The average molecular weight is 206 g/mol. The van der Waals surface area contributed by atoms with Gasteiger partial charge in [0.15, 0.2) is 0 Å². The van der Waals surface area contributed by atoms with Gasteiger partial charge in [-0.05, 0) is 38.3 Å². The number of aromatic nitrogens is 1. The third-order valence-electron chi connectivity index (χ3n) is 2.73. The summed E-state index contributed by atoms with van der Waals surface area (Å²) in [6.07, 6.45) is 0. The van der Waals surface area contributed by atoms with Crippen LogP contribution in [0.4, 0.5) is 5.82 Å². The van der Waals surface area contributed by atoms with Crippen molar-refractivity contribution in [3.05, 3.63) is 23.4 Å². The number of aryl methyl sites for hydroxylation is 1. The molecule has 0 aromatic carbocycles. The largest absolute Gasteiger partial charge is 0.357 e. The molecule has 0 atom stereocenters. The van der Waals surface area contributed by atoms with Gasteiger partial charge in [0.1, 0.15) is 5.82 Å². The predicted octanol–water partition coefficient (Wildman–Crippen LogP) is 3.36. The van der Waals surface area contributed by atoms with E-state index in [9.17, 15) is 0 Å². The predicted molar refractivity (Wildman–Crippen MR) is 66.6 cm³/mol. The third-order valence-corrected chi connectivity index (χ3v) is 2.73. The van der Waals surface area contributed by atoms with Crippen LogP contribution in [0.2, 0.25) is 0 Å². The maximum absolute atomic E-state index is 4.66. The van der Waals surface area contributed by atoms with E-state index in [1.54, 1.807) is 0 Å². The molecule has 1 aromatic heterocycles. The Balaban J connectivity index is 3.16. The third kappa shape index (κ3) is 2.71. The molecule has 0 aliphatic carbocycles. The van der Waals surface area contributed by atoms with Crippen molar-refractivity contribution in [2.45, 2.75) is 40.5 Å². The Morgan fingerprint density at radius 1 is 1.20 bits per heavy atom. The van der Waals surface area contributed by atoms with Gasteiger partial charge in [-0.3, -0.25) is 0 Å². The highest BCUT2D eigenvalue weighted by Gasteiger charge is 2.12. The van der Waals surface area contributed by atoms with Crippen LogP contribution in [0.15, 0.2) is 12.1 Å². The molecule has 15 heavy (non-hydrogen) atoms. The Labute approximate surface area is 93.3 Å². The fourth-order valence-electron chi connectivity index (χ4n) is 1.78. The van der Waals surface area contributed by atoms with Crippen LogP contribution in [-0.2, 0) is 0 Å². The lowest BCUT2D eigenvalue weighted by Gasteiger charge is -2.24. The van der Waals surface area contributed by atoms with Gasteiger partial charge in [-0.15, -0.1) is 0 Å². The Kier molecular flexibility index (Phi) is 4.13. The van der Waals surface area contributed by atoms with Crippen molar-refractivity contribution >= 4 is 5.82 Å². The monoisotopic (exact) mass is 206 g/mol. The zero-order chi connectivity index (χ0) is 11.4.